The van der Waals surface area contributed by atoms with Crippen LogP contribution in [0.25, 0.3) is 0 Å². The summed E-state index contributed by atoms with van der Waals surface area (Å²) in [6, 6.07) is 0.525. The maximum absolute atomic E-state index is 11.6. The number of hydrogen-bond donors (Lipinski definition) is 2. The van der Waals surface area contributed by atoms with E-state index in [4.69, 9.17) is 5.11 Å². The lowest BCUT2D eigenvalue weighted by atomic mass is 9.85. The van der Waals surface area contributed by atoms with Crippen LogP contribution in [0.3, 0.4) is 0 Å². The van der Waals surface area contributed by atoms with Crippen LogP contribution in [0.4, 0.5) is 0 Å². The predicted molar refractivity (Wildman–Crippen MR) is 77.5 cm³/mol. The molecule has 0 atom stereocenters. The molecule has 0 aromatic carbocycles. The van der Waals surface area contributed by atoms with E-state index >= 15 is 0 Å². The highest BCUT2D eigenvalue weighted by atomic mass is 32.2. The molecular formula is C13H24N2O3S. The van der Waals surface area contributed by atoms with Gasteiger partial charge >= 0.3 is 5.97 Å². The molecule has 0 radical (unpaired) electrons. The second kappa shape index (κ2) is 8.43. The van der Waals surface area contributed by atoms with Crippen LogP contribution in [-0.4, -0.2) is 58.6 Å². The van der Waals surface area contributed by atoms with Gasteiger partial charge in [-0.15, -0.1) is 0 Å². The van der Waals surface area contributed by atoms with Gasteiger partial charge in [0.1, 0.15) is 0 Å². The topological polar surface area (TPSA) is 69.6 Å². The average Bonchev–Trinajstić information content (AvgIpc) is 2.31. The fraction of sp³-hybridized carbons (Fsp3) is 0.846. The van der Waals surface area contributed by atoms with Gasteiger partial charge in [-0.2, -0.15) is 11.8 Å². The van der Waals surface area contributed by atoms with E-state index in [1.54, 1.807) is 11.8 Å². The van der Waals surface area contributed by atoms with Crippen LogP contribution in [0, 0.1) is 0 Å². The molecule has 1 fully saturated rings. The molecule has 0 unspecified atom stereocenters. The van der Waals surface area contributed by atoms with Crippen LogP contribution >= 0.6 is 11.8 Å². The number of amides is 1. The van der Waals surface area contributed by atoms with Crippen LogP contribution in [0.1, 0.15) is 33.1 Å². The van der Waals surface area contributed by atoms with Gasteiger partial charge in [0.2, 0.25) is 5.91 Å². The largest absolute Gasteiger partial charge is 0.480 e. The molecule has 0 aliphatic heterocycles. The minimum atomic E-state index is -0.787. The van der Waals surface area contributed by atoms with Crippen molar-refractivity contribution in [3.8, 4) is 0 Å². The smallest absolute Gasteiger partial charge is 0.317 e. The van der Waals surface area contributed by atoms with Crippen LogP contribution in [0.15, 0.2) is 0 Å². The van der Waals surface area contributed by atoms with Crippen LogP contribution < -0.4 is 5.32 Å². The fourth-order valence-electron chi connectivity index (χ4n) is 2.26. The van der Waals surface area contributed by atoms with Gasteiger partial charge in [0.05, 0.1) is 12.3 Å². The number of rotatable bonds is 9. The number of nitrogens with zero attached hydrogens (tertiary/aromatic N) is 1. The second-order valence-electron chi connectivity index (χ2n) is 4.90. The van der Waals surface area contributed by atoms with E-state index in [0.717, 1.165) is 31.6 Å². The highest BCUT2D eigenvalue weighted by Crippen LogP contribution is 2.25. The van der Waals surface area contributed by atoms with Gasteiger partial charge in [0.15, 0.2) is 0 Å². The second-order valence-corrected chi connectivity index (χ2v) is 6.00. The minimum absolute atomic E-state index is 0.0915. The molecule has 0 heterocycles. The Hall–Kier alpha value is -0.750. The average molecular weight is 288 g/mol. The molecule has 0 bridgehead atoms. The highest BCUT2D eigenvalue weighted by Gasteiger charge is 2.34. The molecular weight excluding hydrogens is 264 g/mol. The van der Waals surface area contributed by atoms with Gasteiger partial charge in [-0.3, -0.25) is 14.5 Å². The third kappa shape index (κ3) is 5.82. The van der Waals surface area contributed by atoms with Gasteiger partial charge in [0, 0.05) is 12.1 Å². The summed E-state index contributed by atoms with van der Waals surface area (Å²) in [7, 11) is 0. The lowest BCUT2D eigenvalue weighted by Gasteiger charge is -2.42. The summed E-state index contributed by atoms with van der Waals surface area (Å²) in [5, 5.41) is 11.8. The fourth-order valence-corrected chi connectivity index (χ4v) is 2.96. The van der Waals surface area contributed by atoms with Gasteiger partial charge in [0.25, 0.3) is 0 Å². The number of carboxylic acids is 1. The summed E-state index contributed by atoms with van der Waals surface area (Å²) in [6.07, 6.45) is 2.82. The van der Waals surface area contributed by atoms with Crippen molar-refractivity contribution in [3.63, 3.8) is 0 Å². The van der Waals surface area contributed by atoms with E-state index < -0.39 is 5.97 Å². The third-order valence-electron chi connectivity index (χ3n) is 3.32. The Morgan fingerprint density at radius 3 is 2.58 bits per heavy atom. The number of likely N-dealkylation sites (N-methyl/N-ethyl adjacent to an activating group) is 1. The first kappa shape index (κ1) is 16.3. The maximum atomic E-state index is 11.6. The van der Waals surface area contributed by atoms with Crippen LogP contribution in [0.2, 0.25) is 0 Å². The number of nitrogens with one attached hydrogen (secondary N) is 1. The first-order valence-electron chi connectivity index (χ1n) is 6.89. The first-order valence-corrected chi connectivity index (χ1v) is 8.05. The standard InChI is InChI=1S/C13H24N2O3S/c1-3-5-19-9-12(16)14-10-6-11(7-10)15(4-2)8-13(17)18/h10-11H,3-9H2,1-2H3,(H,14,16)(H,17,18). The third-order valence-corrected chi connectivity index (χ3v) is 4.48. The van der Waals surface area contributed by atoms with Crippen molar-refractivity contribution in [2.45, 2.75) is 45.2 Å². The lowest BCUT2D eigenvalue weighted by molar-refractivity contribution is -0.139. The summed E-state index contributed by atoms with van der Waals surface area (Å²) in [6.45, 7) is 4.90. The Morgan fingerprint density at radius 1 is 1.37 bits per heavy atom. The van der Waals surface area contributed by atoms with Gasteiger partial charge in [-0.1, -0.05) is 13.8 Å². The molecule has 0 aromatic heterocycles. The van der Waals surface area contributed by atoms with Crippen molar-refractivity contribution in [2.24, 2.45) is 0 Å². The molecule has 110 valence electrons. The molecule has 0 aromatic rings. The zero-order valence-corrected chi connectivity index (χ0v) is 12.5. The molecule has 0 spiro atoms. The molecule has 5 nitrogen and oxygen atoms in total. The molecule has 1 rings (SSSR count). The number of hydrogen-bond acceptors (Lipinski definition) is 4. The van der Waals surface area contributed by atoms with E-state index in [2.05, 4.69) is 12.2 Å². The van der Waals surface area contributed by atoms with E-state index in [1.165, 1.54) is 0 Å². The Bertz CT molecular complexity index is 306. The van der Waals surface area contributed by atoms with Crippen molar-refractivity contribution in [1.29, 1.82) is 0 Å². The van der Waals surface area contributed by atoms with Gasteiger partial charge in [-0.05, 0) is 31.6 Å². The van der Waals surface area contributed by atoms with Gasteiger partial charge < -0.3 is 10.4 Å². The first-order chi connectivity index (χ1) is 9.06. The number of thioether (sulfide) groups is 1. The summed E-state index contributed by atoms with van der Waals surface area (Å²) in [4.78, 5) is 24.3. The van der Waals surface area contributed by atoms with Crippen molar-refractivity contribution in [3.05, 3.63) is 0 Å². The minimum Gasteiger partial charge on any atom is -0.480 e. The highest BCUT2D eigenvalue weighted by molar-refractivity contribution is 7.99. The van der Waals surface area contributed by atoms with E-state index in [1.807, 2.05) is 11.8 Å². The molecule has 1 amide bonds. The van der Waals surface area contributed by atoms with E-state index in [-0.39, 0.29) is 18.5 Å². The molecule has 2 N–H and O–H groups in total. The quantitative estimate of drug-likeness (QED) is 0.624. The SMILES string of the molecule is CCCSCC(=O)NC1CC(N(CC)CC(=O)O)C1. The number of carbonyl (C=O) groups is 2. The van der Waals surface area contributed by atoms with Crippen molar-refractivity contribution in [1.82, 2.24) is 10.2 Å². The van der Waals surface area contributed by atoms with Crippen LogP contribution in [0.5, 0.6) is 0 Å². The van der Waals surface area contributed by atoms with E-state index in [9.17, 15) is 9.59 Å². The monoisotopic (exact) mass is 288 g/mol. The molecule has 1 aliphatic rings. The summed E-state index contributed by atoms with van der Waals surface area (Å²) < 4.78 is 0. The number of carboxylic acid groups (broad SMARTS) is 1. The molecule has 1 saturated carbocycles. The summed E-state index contributed by atoms with van der Waals surface area (Å²) >= 11 is 1.66. The Labute approximate surface area is 119 Å². The van der Waals surface area contributed by atoms with Crippen LogP contribution in [-0.2, 0) is 9.59 Å². The zero-order valence-electron chi connectivity index (χ0n) is 11.7. The van der Waals surface area contributed by atoms with Crippen molar-refractivity contribution < 1.29 is 14.7 Å². The maximum Gasteiger partial charge on any atom is 0.317 e. The zero-order chi connectivity index (χ0) is 14.3. The Morgan fingerprint density at radius 2 is 2.05 bits per heavy atom. The molecule has 0 saturated heterocycles. The summed E-state index contributed by atoms with van der Waals surface area (Å²) in [5.41, 5.74) is 0. The van der Waals surface area contributed by atoms with Crippen molar-refractivity contribution >= 4 is 23.6 Å². The number of aliphatic carboxylic acids is 1. The Balaban J connectivity index is 2.18. The lowest BCUT2D eigenvalue weighted by Crippen LogP contribution is -2.55. The Kier molecular flexibility index (Phi) is 7.23. The molecule has 6 heteroatoms. The number of carbonyl (C=O) groups excluding carboxylic acids is 1. The summed E-state index contributed by atoms with van der Waals surface area (Å²) in [5.74, 6) is 0.860. The van der Waals surface area contributed by atoms with Gasteiger partial charge in [-0.25, -0.2) is 0 Å². The molecule has 1 aliphatic carbocycles. The molecule has 19 heavy (non-hydrogen) atoms. The normalized spacial score (nSPS) is 22.1. The predicted octanol–water partition coefficient (Wildman–Crippen LogP) is 1.18. The van der Waals surface area contributed by atoms with Crippen molar-refractivity contribution in [2.75, 3.05) is 24.6 Å². The van der Waals surface area contributed by atoms with E-state index in [0.29, 0.717) is 11.8 Å².